The molecule has 2 saturated carbocycles. The molecule has 0 bridgehead atoms. The van der Waals surface area contributed by atoms with E-state index in [2.05, 4.69) is 25.2 Å². The minimum atomic E-state index is 0.687. The van der Waals surface area contributed by atoms with Gasteiger partial charge in [-0.1, -0.05) is 37.1 Å². The molecule has 0 heterocycles. The lowest BCUT2D eigenvalue weighted by Crippen LogP contribution is -2.21. The second kappa shape index (κ2) is 2.04. The van der Waals surface area contributed by atoms with Gasteiger partial charge in [-0.2, -0.15) is 0 Å². The molecule has 12 heavy (non-hydrogen) atoms. The van der Waals surface area contributed by atoms with Gasteiger partial charge in [-0.05, 0) is 36.5 Å². The summed E-state index contributed by atoms with van der Waals surface area (Å²) < 4.78 is 0. The molecule has 3 aliphatic rings. The van der Waals surface area contributed by atoms with Gasteiger partial charge >= 0.3 is 0 Å². The van der Waals surface area contributed by atoms with Crippen molar-refractivity contribution in [1.82, 2.24) is 0 Å². The first-order valence-corrected chi connectivity index (χ1v) is 5.22. The second-order valence-corrected chi connectivity index (χ2v) is 4.77. The Labute approximate surface area is 74.4 Å². The summed E-state index contributed by atoms with van der Waals surface area (Å²) in [6.45, 7) is 2.40. The minimum Gasteiger partial charge on any atom is -0.0805 e. The van der Waals surface area contributed by atoms with Crippen molar-refractivity contribution >= 4 is 0 Å². The Balaban J connectivity index is 2.03. The van der Waals surface area contributed by atoms with E-state index < -0.39 is 0 Å². The van der Waals surface area contributed by atoms with Crippen LogP contribution in [-0.2, 0) is 0 Å². The Bertz CT molecular complexity index is 272. The number of rotatable bonds is 0. The third-order valence-electron chi connectivity index (χ3n) is 4.12. The van der Waals surface area contributed by atoms with Gasteiger partial charge in [0.15, 0.2) is 0 Å². The average molecular weight is 160 g/mol. The van der Waals surface area contributed by atoms with Crippen molar-refractivity contribution in [3.05, 3.63) is 23.8 Å². The van der Waals surface area contributed by atoms with Crippen LogP contribution in [-0.4, -0.2) is 0 Å². The molecule has 64 valence electrons. The number of allylic oxidation sites excluding steroid dienone is 4. The first-order valence-electron chi connectivity index (χ1n) is 5.22. The van der Waals surface area contributed by atoms with Crippen molar-refractivity contribution in [2.24, 2.45) is 17.3 Å². The van der Waals surface area contributed by atoms with Crippen molar-refractivity contribution in [1.29, 1.82) is 0 Å². The van der Waals surface area contributed by atoms with Gasteiger partial charge in [0.25, 0.3) is 0 Å². The van der Waals surface area contributed by atoms with Gasteiger partial charge in [0.2, 0.25) is 0 Å². The van der Waals surface area contributed by atoms with E-state index in [1.165, 1.54) is 25.7 Å². The number of hydrogen-bond donors (Lipinski definition) is 0. The molecule has 0 amide bonds. The van der Waals surface area contributed by atoms with Crippen LogP contribution in [0.25, 0.3) is 0 Å². The number of hydrogen-bond acceptors (Lipinski definition) is 0. The van der Waals surface area contributed by atoms with Gasteiger partial charge in [-0.3, -0.25) is 0 Å². The summed E-state index contributed by atoms with van der Waals surface area (Å²) in [4.78, 5) is 0. The van der Waals surface area contributed by atoms with Gasteiger partial charge in [-0.25, -0.2) is 0 Å². The highest BCUT2D eigenvalue weighted by Crippen LogP contribution is 2.66. The molecule has 3 aliphatic carbocycles. The zero-order chi connectivity index (χ0) is 8.18. The molecule has 3 atom stereocenters. The zero-order valence-electron chi connectivity index (χ0n) is 7.72. The summed E-state index contributed by atoms with van der Waals surface area (Å²) in [5.74, 6) is 1.80. The van der Waals surface area contributed by atoms with Crippen LogP contribution in [0.5, 0.6) is 0 Å². The van der Waals surface area contributed by atoms with Crippen molar-refractivity contribution in [3.63, 3.8) is 0 Å². The molecule has 0 aromatic heterocycles. The van der Waals surface area contributed by atoms with Crippen molar-refractivity contribution in [2.45, 2.75) is 32.6 Å². The van der Waals surface area contributed by atoms with Crippen LogP contribution in [0.2, 0.25) is 0 Å². The molecule has 3 unspecified atom stereocenters. The molecular formula is C12H16. The molecule has 0 saturated heterocycles. The van der Waals surface area contributed by atoms with Crippen LogP contribution >= 0.6 is 0 Å². The zero-order valence-corrected chi connectivity index (χ0v) is 7.72. The molecule has 3 rings (SSSR count). The molecule has 0 radical (unpaired) electrons. The first-order chi connectivity index (χ1) is 5.83. The summed E-state index contributed by atoms with van der Waals surface area (Å²) in [5, 5.41) is 0. The van der Waals surface area contributed by atoms with Gasteiger partial charge in [0, 0.05) is 0 Å². The molecule has 0 N–H and O–H groups in total. The molecule has 0 aromatic carbocycles. The third kappa shape index (κ3) is 0.688. The third-order valence-corrected chi connectivity index (χ3v) is 4.12. The lowest BCUT2D eigenvalue weighted by molar-refractivity contribution is 0.352. The summed E-state index contributed by atoms with van der Waals surface area (Å²) in [6.07, 6.45) is 12.9. The Morgan fingerprint density at radius 1 is 1.50 bits per heavy atom. The monoisotopic (exact) mass is 160 g/mol. The van der Waals surface area contributed by atoms with E-state index in [9.17, 15) is 0 Å². The Kier molecular flexibility index (Phi) is 1.18. The minimum absolute atomic E-state index is 0.687. The maximum atomic E-state index is 2.42. The van der Waals surface area contributed by atoms with E-state index in [1.807, 2.05) is 0 Å². The normalized spacial score (nSPS) is 49.2. The van der Waals surface area contributed by atoms with Gasteiger partial charge in [0.1, 0.15) is 0 Å². The van der Waals surface area contributed by atoms with E-state index in [4.69, 9.17) is 0 Å². The predicted octanol–water partition coefficient (Wildman–Crippen LogP) is 3.31. The molecule has 1 spiro atoms. The first kappa shape index (κ1) is 6.94. The SMILES string of the molecule is CC1CCCC23CC2C=CC=C13. The Morgan fingerprint density at radius 3 is 3.25 bits per heavy atom. The van der Waals surface area contributed by atoms with Gasteiger partial charge < -0.3 is 0 Å². The van der Waals surface area contributed by atoms with Crippen molar-refractivity contribution in [2.75, 3.05) is 0 Å². The van der Waals surface area contributed by atoms with E-state index in [1.54, 1.807) is 5.57 Å². The maximum absolute atomic E-state index is 2.42. The van der Waals surface area contributed by atoms with E-state index >= 15 is 0 Å². The molecule has 0 nitrogen and oxygen atoms in total. The van der Waals surface area contributed by atoms with E-state index in [0.29, 0.717) is 5.41 Å². The highest BCUT2D eigenvalue weighted by atomic mass is 14.6. The Hall–Kier alpha value is -0.520. The van der Waals surface area contributed by atoms with Gasteiger partial charge in [-0.15, -0.1) is 0 Å². The molecule has 2 fully saturated rings. The van der Waals surface area contributed by atoms with Crippen LogP contribution in [0.1, 0.15) is 32.6 Å². The fourth-order valence-corrected chi connectivity index (χ4v) is 3.34. The highest BCUT2D eigenvalue weighted by Gasteiger charge is 2.57. The topological polar surface area (TPSA) is 0 Å². The fraction of sp³-hybridized carbons (Fsp3) is 0.667. The molecule has 0 heteroatoms. The molecule has 0 aliphatic heterocycles. The summed E-state index contributed by atoms with van der Waals surface area (Å²) in [5.41, 5.74) is 2.47. The van der Waals surface area contributed by atoms with Crippen LogP contribution in [0, 0.1) is 17.3 Å². The van der Waals surface area contributed by atoms with Crippen molar-refractivity contribution < 1.29 is 0 Å². The summed E-state index contributed by atoms with van der Waals surface area (Å²) >= 11 is 0. The standard InChI is InChI=1S/C12H16/c1-9-4-3-7-12-8-10(12)5-2-6-11(9)12/h2,5-6,9-10H,3-4,7-8H2,1H3. The predicted molar refractivity (Wildman–Crippen MR) is 50.8 cm³/mol. The lowest BCUT2D eigenvalue weighted by atomic mass is 9.72. The van der Waals surface area contributed by atoms with Crippen LogP contribution < -0.4 is 0 Å². The quantitative estimate of drug-likeness (QED) is 0.510. The van der Waals surface area contributed by atoms with Gasteiger partial charge in [0.05, 0.1) is 0 Å². The van der Waals surface area contributed by atoms with E-state index in [0.717, 1.165) is 11.8 Å². The van der Waals surface area contributed by atoms with E-state index in [-0.39, 0.29) is 0 Å². The van der Waals surface area contributed by atoms with Crippen LogP contribution in [0.4, 0.5) is 0 Å². The molecule has 0 aromatic rings. The highest BCUT2D eigenvalue weighted by molar-refractivity contribution is 5.39. The average Bonchev–Trinajstić information content (AvgIpc) is 2.76. The van der Waals surface area contributed by atoms with Crippen molar-refractivity contribution in [3.8, 4) is 0 Å². The second-order valence-electron chi connectivity index (χ2n) is 4.77. The summed E-state index contributed by atoms with van der Waals surface area (Å²) in [7, 11) is 0. The smallest absolute Gasteiger partial charge is 0.00133 e. The van der Waals surface area contributed by atoms with Crippen LogP contribution in [0.15, 0.2) is 23.8 Å². The fourth-order valence-electron chi connectivity index (χ4n) is 3.34. The Morgan fingerprint density at radius 2 is 2.42 bits per heavy atom. The summed E-state index contributed by atoms with van der Waals surface area (Å²) in [6, 6.07) is 0. The lowest BCUT2D eigenvalue weighted by Gasteiger charge is -2.32. The maximum Gasteiger partial charge on any atom is -0.00133 e. The van der Waals surface area contributed by atoms with Crippen LogP contribution in [0.3, 0.4) is 0 Å². The molecular weight excluding hydrogens is 144 g/mol. The largest absolute Gasteiger partial charge is 0.0805 e.